The van der Waals surface area contributed by atoms with Gasteiger partial charge in [0, 0.05) is 24.5 Å². The molecule has 3 amide bonds. The summed E-state index contributed by atoms with van der Waals surface area (Å²) in [5.41, 5.74) is 5.26. The number of aromatic nitrogens is 1. The van der Waals surface area contributed by atoms with E-state index in [0.29, 0.717) is 29.9 Å². The molecule has 2 N–H and O–H groups in total. The molecule has 0 bridgehead atoms. The summed E-state index contributed by atoms with van der Waals surface area (Å²) in [5, 5.41) is 6.05. The molecule has 1 aliphatic heterocycles. The Bertz CT molecular complexity index is 1620. The minimum atomic E-state index is -0.354. The molecule has 8 nitrogen and oxygen atoms in total. The highest BCUT2D eigenvalue weighted by Crippen LogP contribution is 2.32. The van der Waals surface area contributed by atoms with Gasteiger partial charge in [0.25, 0.3) is 11.8 Å². The third kappa shape index (κ3) is 7.26. The van der Waals surface area contributed by atoms with Crippen LogP contribution in [0.2, 0.25) is 0 Å². The van der Waals surface area contributed by atoms with Gasteiger partial charge in [-0.15, -0.1) is 11.3 Å². The average Bonchev–Trinajstić information content (AvgIpc) is 3.41. The summed E-state index contributed by atoms with van der Waals surface area (Å²) in [5.74, 6) is -0.356. The van der Waals surface area contributed by atoms with Crippen LogP contribution in [0.5, 0.6) is 0 Å². The maximum atomic E-state index is 13.4. The lowest BCUT2D eigenvalue weighted by Gasteiger charge is -2.35. The Kier molecular flexibility index (Phi) is 9.79. The van der Waals surface area contributed by atoms with Gasteiger partial charge < -0.3 is 20.3 Å². The fourth-order valence-corrected chi connectivity index (χ4v) is 7.24. The van der Waals surface area contributed by atoms with Crippen molar-refractivity contribution >= 4 is 62.4 Å². The van der Waals surface area contributed by atoms with E-state index in [1.165, 1.54) is 23.1 Å². The Morgan fingerprint density at radius 1 is 0.930 bits per heavy atom. The molecule has 1 aliphatic rings. The van der Waals surface area contributed by atoms with Crippen LogP contribution in [-0.2, 0) is 22.4 Å². The van der Waals surface area contributed by atoms with Crippen molar-refractivity contribution in [2.24, 2.45) is 0 Å². The second-order valence-electron chi connectivity index (χ2n) is 10.6. The summed E-state index contributed by atoms with van der Waals surface area (Å²) >= 11 is 2.87. The molecular weight excluding hydrogens is 581 g/mol. The number of aryl methyl sites for hydroxylation is 2. The van der Waals surface area contributed by atoms with Crippen LogP contribution in [0.1, 0.15) is 59.5 Å². The zero-order valence-electron chi connectivity index (χ0n) is 24.8. The Morgan fingerprint density at radius 2 is 1.60 bits per heavy atom. The molecule has 0 saturated carbocycles. The number of benzene rings is 3. The molecule has 0 radical (unpaired) electrons. The van der Waals surface area contributed by atoms with Gasteiger partial charge in [0.1, 0.15) is 0 Å². The van der Waals surface area contributed by atoms with Crippen LogP contribution in [0, 0.1) is 0 Å². The van der Waals surface area contributed by atoms with Gasteiger partial charge in [0.2, 0.25) is 5.91 Å². The first-order valence-corrected chi connectivity index (χ1v) is 16.3. The molecule has 0 aliphatic carbocycles. The van der Waals surface area contributed by atoms with E-state index in [1.807, 2.05) is 44.2 Å². The van der Waals surface area contributed by atoms with Crippen molar-refractivity contribution in [1.82, 2.24) is 9.88 Å². The SMILES string of the molecule is CCc1cccc(CC)c1NC(=O)CSc1nc2ccc(NC(=O)c3ccccc3C(=O)N3CC(C)OC(C)C3)cc2s1. The number of hydrogen-bond acceptors (Lipinski definition) is 7. The van der Waals surface area contributed by atoms with E-state index in [1.54, 1.807) is 35.2 Å². The summed E-state index contributed by atoms with van der Waals surface area (Å²) in [6.07, 6.45) is 1.57. The molecule has 10 heteroatoms. The second-order valence-corrected chi connectivity index (χ2v) is 12.9. The van der Waals surface area contributed by atoms with Gasteiger partial charge in [-0.1, -0.05) is 55.9 Å². The number of nitrogens with one attached hydrogen (secondary N) is 2. The van der Waals surface area contributed by atoms with Crippen LogP contribution >= 0.6 is 23.1 Å². The molecule has 3 aromatic carbocycles. The number of carbonyl (C=O) groups excluding carboxylic acids is 3. The van der Waals surface area contributed by atoms with Crippen molar-refractivity contribution in [1.29, 1.82) is 0 Å². The van der Waals surface area contributed by atoms with Crippen LogP contribution < -0.4 is 10.6 Å². The second kappa shape index (κ2) is 13.7. The number of morpholine rings is 1. The highest BCUT2D eigenvalue weighted by atomic mass is 32.2. The topological polar surface area (TPSA) is 101 Å². The minimum absolute atomic E-state index is 0.0658. The lowest BCUT2D eigenvalue weighted by Crippen LogP contribution is -2.48. The first-order valence-electron chi connectivity index (χ1n) is 14.5. The van der Waals surface area contributed by atoms with Crippen molar-refractivity contribution in [2.75, 3.05) is 29.5 Å². The first-order chi connectivity index (χ1) is 20.7. The number of carbonyl (C=O) groups is 3. The Morgan fingerprint density at radius 3 is 2.28 bits per heavy atom. The normalized spacial score (nSPS) is 16.7. The van der Waals surface area contributed by atoms with E-state index in [0.717, 1.165) is 44.2 Å². The lowest BCUT2D eigenvalue weighted by atomic mass is 10.0. The quantitative estimate of drug-likeness (QED) is 0.204. The standard InChI is InChI=1S/C33H36N4O4S2/c1-5-22-10-9-11-23(6-2)30(22)36-29(38)19-42-33-35-27-15-14-24(16-28(27)43-33)34-31(39)25-12-7-8-13-26(25)32(40)37-17-20(3)41-21(4)18-37/h7-16,20-21H,5-6,17-19H2,1-4H3,(H,34,39)(H,36,38). The summed E-state index contributed by atoms with van der Waals surface area (Å²) in [6, 6.07) is 18.5. The molecule has 1 fully saturated rings. The number of fused-ring (bicyclic) bond motifs is 1. The Balaban J connectivity index is 1.25. The predicted octanol–water partition coefficient (Wildman–Crippen LogP) is 6.65. The lowest BCUT2D eigenvalue weighted by molar-refractivity contribution is -0.113. The zero-order chi connectivity index (χ0) is 30.5. The number of thiazole rings is 1. The number of rotatable bonds is 9. The number of nitrogens with zero attached hydrogens (tertiary/aromatic N) is 2. The van der Waals surface area contributed by atoms with Crippen molar-refractivity contribution in [2.45, 2.75) is 57.1 Å². The van der Waals surface area contributed by atoms with Gasteiger partial charge >= 0.3 is 0 Å². The van der Waals surface area contributed by atoms with E-state index in [2.05, 4.69) is 29.5 Å². The molecule has 2 heterocycles. The molecule has 43 heavy (non-hydrogen) atoms. The smallest absolute Gasteiger partial charge is 0.256 e. The minimum Gasteiger partial charge on any atom is -0.372 e. The van der Waals surface area contributed by atoms with Crippen LogP contribution in [0.4, 0.5) is 11.4 Å². The fourth-order valence-electron chi connectivity index (χ4n) is 5.33. The number of thioether (sulfide) groups is 1. The van der Waals surface area contributed by atoms with Crippen LogP contribution in [-0.4, -0.2) is 58.7 Å². The van der Waals surface area contributed by atoms with E-state index in [9.17, 15) is 14.4 Å². The molecule has 1 saturated heterocycles. The summed E-state index contributed by atoms with van der Waals surface area (Å²) in [6.45, 7) is 9.02. The van der Waals surface area contributed by atoms with E-state index >= 15 is 0 Å². The maximum absolute atomic E-state index is 13.4. The monoisotopic (exact) mass is 616 g/mol. The zero-order valence-corrected chi connectivity index (χ0v) is 26.4. The molecule has 224 valence electrons. The van der Waals surface area contributed by atoms with Gasteiger partial charge in [-0.2, -0.15) is 0 Å². The van der Waals surface area contributed by atoms with Gasteiger partial charge in [-0.25, -0.2) is 4.98 Å². The van der Waals surface area contributed by atoms with E-state index in [-0.39, 0.29) is 35.7 Å². The van der Waals surface area contributed by atoms with Gasteiger partial charge in [-0.05, 0) is 68.1 Å². The third-order valence-electron chi connectivity index (χ3n) is 7.33. The molecule has 0 spiro atoms. The van der Waals surface area contributed by atoms with Crippen molar-refractivity contribution in [3.8, 4) is 0 Å². The number of hydrogen-bond donors (Lipinski definition) is 2. The van der Waals surface area contributed by atoms with Crippen molar-refractivity contribution in [3.63, 3.8) is 0 Å². The summed E-state index contributed by atoms with van der Waals surface area (Å²) in [4.78, 5) is 46.0. The largest absolute Gasteiger partial charge is 0.372 e. The number of amides is 3. The fraction of sp³-hybridized carbons (Fsp3) is 0.333. The van der Waals surface area contributed by atoms with Crippen molar-refractivity contribution < 1.29 is 19.1 Å². The van der Waals surface area contributed by atoms with Crippen molar-refractivity contribution in [3.05, 3.63) is 82.9 Å². The summed E-state index contributed by atoms with van der Waals surface area (Å²) < 4.78 is 7.44. The Labute approximate surface area is 260 Å². The molecular formula is C33H36N4O4S2. The maximum Gasteiger partial charge on any atom is 0.256 e. The highest BCUT2D eigenvalue weighted by molar-refractivity contribution is 8.01. The average molecular weight is 617 g/mol. The molecule has 2 unspecified atom stereocenters. The molecule has 1 aromatic heterocycles. The predicted molar refractivity (Wildman–Crippen MR) is 174 cm³/mol. The molecule has 2 atom stereocenters. The first kappa shape index (κ1) is 30.7. The molecule has 5 rings (SSSR count). The van der Waals surface area contributed by atoms with Crippen LogP contribution in [0.25, 0.3) is 10.2 Å². The highest BCUT2D eigenvalue weighted by Gasteiger charge is 2.29. The number of anilines is 2. The third-order valence-corrected chi connectivity index (χ3v) is 9.49. The van der Waals surface area contributed by atoms with Crippen LogP contribution in [0.3, 0.4) is 0 Å². The van der Waals surface area contributed by atoms with Crippen LogP contribution in [0.15, 0.2) is 65.0 Å². The van der Waals surface area contributed by atoms with Gasteiger partial charge in [-0.3, -0.25) is 14.4 Å². The van der Waals surface area contributed by atoms with E-state index < -0.39 is 0 Å². The van der Waals surface area contributed by atoms with Gasteiger partial charge in [0.15, 0.2) is 4.34 Å². The van der Waals surface area contributed by atoms with Gasteiger partial charge in [0.05, 0.1) is 39.3 Å². The number of para-hydroxylation sites is 1. The Hall–Kier alpha value is -3.73. The van der Waals surface area contributed by atoms with E-state index in [4.69, 9.17) is 4.74 Å². The number of ether oxygens (including phenoxy) is 1. The summed E-state index contributed by atoms with van der Waals surface area (Å²) in [7, 11) is 0. The molecule has 4 aromatic rings.